The molecule has 0 saturated heterocycles. The second-order valence-corrected chi connectivity index (χ2v) is 8.79. The fourth-order valence-electron chi connectivity index (χ4n) is 3.69. The molecule has 4 aromatic carbocycles. The van der Waals surface area contributed by atoms with Crippen molar-refractivity contribution in [3.63, 3.8) is 0 Å². The highest BCUT2D eigenvalue weighted by Gasteiger charge is 2.14. The summed E-state index contributed by atoms with van der Waals surface area (Å²) in [5, 5.41) is 25.8. The summed E-state index contributed by atoms with van der Waals surface area (Å²) < 4.78 is 2.06. The molecule has 0 atom stereocenters. The van der Waals surface area contributed by atoms with Crippen LogP contribution in [0.1, 0.15) is 0 Å². The molecule has 0 aliphatic heterocycles. The van der Waals surface area contributed by atoms with Crippen LogP contribution in [0.25, 0.3) is 41.8 Å². The number of azo groups is 1. The Morgan fingerprint density at radius 3 is 2.21 bits per heavy atom. The van der Waals surface area contributed by atoms with Gasteiger partial charge in [-0.25, -0.2) is 4.98 Å². The van der Waals surface area contributed by atoms with E-state index in [1.54, 1.807) is 0 Å². The number of thiazole rings is 1. The van der Waals surface area contributed by atoms with Crippen LogP contribution in [-0.2, 0) is 0 Å². The van der Waals surface area contributed by atoms with Crippen molar-refractivity contribution in [2.45, 2.75) is 0 Å². The van der Waals surface area contributed by atoms with Crippen molar-refractivity contribution in [1.82, 2.24) is 4.98 Å². The van der Waals surface area contributed by atoms with E-state index in [0.717, 1.165) is 41.8 Å². The van der Waals surface area contributed by atoms with Gasteiger partial charge in [-0.3, -0.25) is 0 Å². The van der Waals surface area contributed by atoms with Crippen LogP contribution in [0.15, 0.2) is 83.0 Å². The first-order valence-electron chi connectivity index (χ1n) is 9.11. The first kappa shape index (κ1) is 16.6. The molecule has 0 aliphatic rings. The molecule has 0 unspecified atom stereocenters. The average Bonchev–Trinajstić information content (AvgIpc) is 3.33. The molecule has 1 N–H and O–H groups in total. The van der Waals surface area contributed by atoms with E-state index in [9.17, 15) is 5.11 Å². The Kier molecular flexibility index (Phi) is 3.62. The number of hydrogen-bond acceptors (Lipinski definition) is 6. The molecule has 138 valence electrons. The summed E-state index contributed by atoms with van der Waals surface area (Å²) in [5.74, 6) is 0.178. The van der Waals surface area contributed by atoms with Crippen LogP contribution in [0.4, 0.5) is 10.1 Å². The van der Waals surface area contributed by atoms with Crippen LogP contribution in [0.3, 0.4) is 0 Å². The van der Waals surface area contributed by atoms with Crippen molar-refractivity contribution in [3.8, 4) is 5.75 Å². The van der Waals surface area contributed by atoms with Crippen LogP contribution in [0.2, 0.25) is 0 Å². The number of aromatic nitrogens is 1. The fourth-order valence-corrected chi connectivity index (χ4v) is 5.43. The van der Waals surface area contributed by atoms with Gasteiger partial charge in [-0.15, -0.1) is 21.6 Å². The molecule has 0 amide bonds. The average molecular weight is 412 g/mol. The maximum atomic E-state index is 10.8. The quantitative estimate of drug-likeness (QED) is 0.294. The van der Waals surface area contributed by atoms with Crippen molar-refractivity contribution in [3.05, 3.63) is 72.8 Å². The molecule has 0 fully saturated rings. The largest absolute Gasteiger partial charge is 0.504 e. The summed E-state index contributed by atoms with van der Waals surface area (Å²) in [6, 6.07) is 24.5. The third-order valence-electron chi connectivity index (χ3n) is 5.04. The van der Waals surface area contributed by atoms with Crippen LogP contribution in [-0.4, -0.2) is 10.1 Å². The van der Waals surface area contributed by atoms with E-state index >= 15 is 0 Å². The minimum absolute atomic E-state index is 0.178. The standard InChI is InChI=1S/C23H13N3OS2/c27-21-19-15-7-3-1-5-13(15)9-11-17(19)28-22(21)25-26-23-24-20-16-8-4-2-6-14(16)10-12-18(20)29-23/h1-12,27H/b26-25+. The predicted octanol–water partition coefficient (Wildman–Crippen LogP) is 7.94. The zero-order valence-corrected chi connectivity index (χ0v) is 16.7. The monoisotopic (exact) mass is 411 g/mol. The lowest BCUT2D eigenvalue weighted by Crippen LogP contribution is -1.73. The number of rotatable bonds is 2. The fraction of sp³-hybridized carbons (Fsp3) is 0. The second kappa shape index (κ2) is 6.34. The van der Waals surface area contributed by atoms with Crippen LogP contribution < -0.4 is 0 Å². The third kappa shape index (κ3) is 2.61. The summed E-state index contributed by atoms with van der Waals surface area (Å²) >= 11 is 2.93. The Morgan fingerprint density at radius 1 is 0.690 bits per heavy atom. The van der Waals surface area contributed by atoms with Gasteiger partial charge in [-0.1, -0.05) is 72.0 Å². The normalized spacial score (nSPS) is 12.1. The number of fused-ring (bicyclic) bond motifs is 6. The predicted molar refractivity (Wildman–Crippen MR) is 122 cm³/mol. The highest BCUT2D eigenvalue weighted by Crippen LogP contribution is 2.47. The Morgan fingerprint density at radius 2 is 1.38 bits per heavy atom. The van der Waals surface area contributed by atoms with Gasteiger partial charge in [0, 0.05) is 15.5 Å². The molecule has 2 aromatic heterocycles. The molecule has 0 saturated carbocycles. The van der Waals surface area contributed by atoms with E-state index in [0.29, 0.717) is 10.1 Å². The molecule has 2 heterocycles. The maximum Gasteiger partial charge on any atom is 0.231 e. The molecule has 0 spiro atoms. The van der Waals surface area contributed by atoms with E-state index < -0.39 is 0 Å². The summed E-state index contributed by atoms with van der Waals surface area (Å²) in [7, 11) is 0. The smallest absolute Gasteiger partial charge is 0.231 e. The van der Waals surface area contributed by atoms with Crippen LogP contribution >= 0.6 is 22.7 Å². The Labute approximate surface area is 173 Å². The highest BCUT2D eigenvalue weighted by atomic mass is 32.1. The minimum atomic E-state index is 0.178. The van der Waals surface area contributed by atoms with Crippen LogP contribution in [0, 0.1) is 0 Å². The van der Waals surface area contributed by atoms with E-state index in [-0.39, 0.29) is 5.75 Å². The van der Waals surface area contributed by atoms with E-state index in [1.165, 1.54) is 22.7 Å². The van der Waals surface area contributed by atoms with Gasteiger partial charge in [0.2, 0.25) is 5.13 Å². The van der Waals surface area contributed by atoms with Crippen molar-refractivity contribution >= 4 is 74.7 Å². The zero-order chi connectivity index (χ0) is 19.4. The molecule has 6 aromatic rings. The van der Waals surface area contributed by atoms with Gasteiger partial charge in [0.25, 0.3) is 0 Å². The molecule has 0 bridgehead atoms. The summed E-state index contributed by atoms with van der Waals surface area (Å²) in [4.78, 5) is 4.67. The number of hydrogen-bond donors (Lipinski definition) is 1. The molecular weight excluding hydrogens is 398 g/mol. The van der Waals surface area contributed by atoms with E-state index in [4.69, 9.17) is 0 Å². The topological polar surface area (TPSA) is 57.8 Å². The third-order valence-corrected chi connectivity index (χ3v) is 6.97. The lowest BCUT2D eigenvalue weighted by Gasteiger charge is -1.99. The van der Waals surface area contributed by atoms with Crippen LogP contribution in [0.5, 0.6) is 5.75 Å². The van der Waals surface area contributed by atoms with Crippen molar-refractivity contribution in [2.75, 3.05) is 0 Å². The minimum Gasteiger partial charge on any atom is -0.504 e. The molecular formula is C23H13N3OS2. The van der Waals surface area contributed by atoms with Gasteiger partial charge in [0.15, 0.2) is 10.8 Å². The molecule has 4 nitrogen and oxygen atoms in total. The van der Waals surface area contributed by atoms with E-state index in [2.05, 4.69) is 45.5 Å². The lowest BCUT2D eigenvalue weighted by atomic mass is 10.1. The van der Waals surface area contributed by atoms with Crippen molar-refractivity contribution < 1.29 is 5.11 Å². The Balaban J connectivity index is 1.47. The zero-order valence-electron chi connectivity index (χ0n) is 15.0. The summed E-state index contributed by atoms with van der Waals surface area (Å²) in [5.41, 5.74) is 0.939. The molecule has 29 heavy (non-hydrogen) atoms. The molecule has 0 radical (unpaired) electrons. The number of benzene rings is 4. The Bertz CT molecular complexity index is 1580. The molecule has 6 rings (SSSR count). The summed E-state index contributed by atoms with van der Waals surface area (Å²) in [6.45, 7) is 0. The number of nitrogens with zero attached hydrogens (tertiary/aromatic N) is 3. The second-order valence-electron chi connectivity index (χ2n) is 6.75. The number of aromatic hydroxyl groups is 1. The molecule has 6 heteroatoms. The van der Waals surface area contributed by atoms with Crippen molar-refractivity contribution in [1.29, 1.82) is 0 Å². The first-order valence-corrected chi connectivity index (χ1v) is 10.7. The lowest BCUT2D eigenvalue weighted by molar-refractivity contribution is 0.485. The maximum absolute atomic E-state index is 10.8. The van der Waals surface area contributed by atoms with Gasteiger partial charge in [0.1, 0.15) is 0 Å². The highest BCUT2D eigenvalue weighted by molar-refractivity contribution is 7.23. The Hall–Kier alpha value is -3.35. The SMILES string of the molecule is Oc1c(/N=N/c2nc3c(ccc4ccccc43)s2)sc2ccc3ccccc3c12. The van der Waals surface area contributed by atoms with Gasteiger partial charge >= 0.3 is 0 Å². The summed E-state index contributed by atoms with van der Waals surface area (Å²) in [6.07, 6.45) is 0. The number of thiophene rings is 1. The molecule has 0 aliphatic carbocycles. The van der Waals surface area contributed by atoms with Crippen molar-refractivity contribution in [2.24, 2.45) is 10.2 Å². The van der Waals surface area contributed by atoms with Gasteiger partial charge in [-0.2, -0.15) is 0 Å². The van der Waals surface area contributed by atoms with Gasteiger partial charge < -0.3 is 5.11 Å². The van der Waals surface area contributed by atoms with E-state index in [1.807, 2.05) is 42.5 Å². The first-order chi connectivity index (χ1) is 14.3. The van der Waals surface area contributed by atoms with Gasteiger partial charge in [0.05, 0.1) is 10.2 Å². The van der Waals surface area contributed by atoms with Gasteiger partial charge in [-0.05, 0) is 28.3 Å².